The summed E-state index contributed by atoms with van der Waals surface area (Å²) >= 11 is 0. The van der Waals surface area contributed by atoms with E-state index in [1.807, 2.05) is 18.2 Å². The number of hydrogen-bond donors (Lipinski definition) is 0. The number of amides is 1. The molecule has 0 aromatic heterocycles. The van der Waals surface area contributed by atoms with Crippen molar-refractivity contribution in [2.75, 3.05) is 12.1 Å². The monoisotopic (exact) mass is 337 g/mol. The van der Waals surface area contributed by atoms with Crippen molar-refractivity contribution in [1.29, 1.82) is 0 Å². The number of ether oxygens (including phenoxy) is 1. The summed E-state index contributed by atoms with van der Waals surface area (Å²) in [4.78, 5) is 23.3. The molecule has 126 valence electrons. The van der Waals surface area contributed by atoms with Crippen LogP contribution in [0.3, 0.4) is 0 Å². The number of benzene rings is 2. The van der Waals surface area contributed by atoms with Gasteiger partial charge in [-0.05, 0) is 36.8 Å². The smallest absolute Gasteiger partial charge is 0.311 e. The van der Waals surface area contributed by atoms with E-state index in [2.05, 4.69) is 5.10 Å². The Morgan fingerprint density at radius 2 is 1.92 bits per heavy atom. The Balaban J connectivity index is 1.97. The highest BCUT2D eigenvalue weighted by Gasteiger charge is 2.28. The molecule has 0 saturated carbocycles. The molecule has 0 N–H and O–H groups in total. The van der Waals surface area contributed by atoms with Crippen molar-refractivity contribution in [3.63, 3.8) is 0 Å². The minimum atomic E-state index is -0.519. The normalized spacial score (nSPS) is 15.4. The topological polar surface area (TPSA) is 85.0 Å². The van der Waals surface area contributed by atoms with Crippen LogP contribution in [0.25, 0.3) is 6.08 Å². The molecule has 0 saturated heterocycles. The average Bonchev–Trinajstić information content (AvgIpc) is 2.90. The Morgan fingerprint density at radius 1 is 1.20 bits per heavy atom. The van der Waals surface area contributed by atoms with Crippen LogP contribution < -0.4 is 9.75 Å². The standard InChI is InChI=1S/C18H15N3O4/c1-12-15(18(22)20(19-12)14-6-4-3-5-7-14)10-13-8-9-17(25-2)16(11-13)21(23)24/h3-11H,1-2H3/b15-10-. The maximum Gasteiger partial charge on any atom is 0.311 e. The summed E-state index contributed by atoms with van der Waals surface area (Å²) < 4.78 is 4.99. The molecule has 7 heteroatoms. The van der Waals surface area contributed by atoms with Gasteiger partial charge in [-0.15, -0.1) is 0 Å². The molecule has 1 aliphatic heterocycles. The number of hydrazone groups is 1. The summed E-state index contributed by atoms with van der Waals surface area (Å²) in [5.74, 6) is -0.108. The lowest BCUT2D eigenvalue weighted by molar-refractivity contribution is -0.385. The van der Waals surface area contributed by atoms with Crippen molar-refractivity contribution in [1.82, 2.24) is 0 Å². The maximum atomic E-state index is 12.6. The first-order valence-electron chi connectivity index (χ1n) is 7.50. The third kappa shape index (κ3) is 3.12. The Labute approximate surface area is 144 Å². The van der Waals surface area contributed by atoms with E-state index in [9.17, 15) is 14.9 Å². The number of nitro benzene ring substituents is 1. The maximum absolute atomic E-state index is 12.6. The van der Waals surface area contributed by atoms with E-state index < -0.39 is 4.92 Å². The van der Waals surface area contributed by atoms with Gasteiger partial charge in [0, 0.05) is 6.07 Å². The van der Waals surface area contributed by atoms with Crippen molar-refractivity contribution in [2.45, 2.75) is 6.92 Å². The fraction of sp³-hybridized carbons (Fsp3) is 0.111. The highest BCUT2D eigenvalue weighted by molar-refractivity contribution is 6.32. The number of carbonyl (C=O) groups is 1. The first kappa shape index (κ1) is 16.4. The van der Waals surface area contributed by atoms with Crippen LogP contribution in [0.2, 0.25) is 0 Å². The second kappa shape index (κ2) is 6.56. The number of rotatable bonds is 4. The quantitative estimate of drug-likeness (QED) is 0.486. The third-order valence-electron chi connectivity index (χ3n) is 3.77. The van der Waals surface area contributed by atoms with Gasteiger partial charge in [-0.1, -0.05) is 24.3 Å². The van der Waals surface area contributed by atoms with Gasteiger partial charge in [-0.25, -0.2) is 0 Å². The average molecular weight is 337 g/mol. The van der Waals surface area contributed by atoms with Crippen molar-refractivity contribution < 1.29 is 14.5 Å². The van der Waals surface area contributed by atoms with Crippen LogP contribution >= 0.6 is 0 Å². The van der Waals surface area contributed by atoms with Crippen LogP contribution in [0.15, 0.2) is 59.2 Å². The fourth-order valence-corrected chi connectivity index (χ4v) is 2.53. The molecule has 0 bridgehead atoms. The van der Waals surface area contributed by atoms with Gasteiger partial charge >= 0.3 is 5.69 Å². The minimum absolute atomic E-state index is 0.156. The number of nitrogens with zero attached hydrogens (tertiary/aromatic N) is 3. The molecule has 7 nitrogen and oxygen atoms in total. The zero-order chi connectivity index (χ0) is 18.0. The van der Waals surface area contributed by atoms with Gasteiger partial charge in [0.1, 0.15) is 0 Å². The summed E-state index contributed by atoms with van der Waals surface area (Å²) in [7, 11) is 1.37. The highest BCUT2D eigenvalue weighted by atomic mass is 16.6. The summed E-state index contributed by atoms with van der Waals surface area (Å²) in [6.45, 7) is 1.73. The summed E-state index contributed by atoms with van der Waals surface area (Å²) in [6.07, 6.45) is 1.59. The van der Waals surface area contributed by atoms with Gasteiger partial charge in [0.25, 0.3) is 5.91 Å². The minimum Gasteiger partial charge on any atom is -0.490 e. The lowest BCUT2D eigenvalue weighted by Gasteiger charge is -2.11. The second-order valence-electron chi connectivity index (χ2n) is 5.38. The Kier molecular flexibility index (Phi) is 4.30. The first-order valence-corrected chi connectivity index (χ1v) is 7.50. The van der Waals surface area contributed by atoms with Gasteiger partial charge in [0.05, 0.1) is 29.0 Å². The Hall–Kier alpha value is -3.48. The molecule has 0 aliphatic carbocycles. The molecule has 25 heavy (non-hydrogen) atoms. The van der Waals surface area contributed by atoms with Gasteiger partial charge < -0.3 is 4.74 Å². The molecule has 1 heterocycles. The molecular formula is C18H15N3O4. The molecule has 3 rings (SSSR count). The fourth-order valence-electron chi connectivity index (χ4n) is 2.53. The zero-order valence-electron chi connectivity index (χ0n) is 13.7. The van der Waals surface area contributed by atoms with Gasteiger partial charge in [0.2, 0.25) is 0 Å². The SMILES string of the molecule is COc1ccc(/C=C2\C(=O)N(c3ccccc3)N=C2C)cc1[N+](=O)[O-]. The van der Waals surface area contributed by atoms with Crippen LogP contribution in [0.5, 0.6) is 5.75 Å². The number of methoxy groups -OCH3 is 1. The zero-order valence-corrected chi connectivity index (χ0v) is 13.7. The van der Waals surface area contributed by atoms with Crippen LogP contribution in [0.1, 0.15) is 12.5 Å². The molecule has 1 aliphatic rings. The second-order valence-corrected chi connectivity index (χ2v) is 5.38. The molecule has 1 amide bonds. The van der Waals surface area contributed by atoms with Crippen LogP contribution in [0, 0.1) is 10.1 Å². The predicted molar refractivity (Wildman–Crippen MR) is 94.7 cm³/mol. The molecule has 0 spiro atoms. The van der Waals surface area contributed by atoms with Crippen molar-refractivity contribution in [3.05, 3.63) is 69.8 Å². The molecular weight excluding hydrogens is 322 g/mol. The van der Waals surface area contributed by atoms with Gasteiger partial charge in [-0.2, -0.15) is 10.1 Å². The van der Waals surface area contributed by atoms with Gasteiger partial charge in [0.15, 0.2) is 5.75 Å². The largest absolute Gasteiger partial charge is 0.490 e. The summed E-state index contributed by atoms with van der Waals surface area (Å²) in [6, 6.07) is 13.6. The van der Waals surface area contributed by atoms with Crippen LogP contribution in [0.4, 0.5) is 11.4 Å². The van der Waals surface area contributed by atoms with Crippen molar-refractivity contribution >= 4 is 29.1 Å². The third-order valence-corrected chi connectivity index (χ3v) is 3.77. The molecule has 2 aromatic carbocycles. The number of hydrogen-bond acceptors (Lipinski definition) is 5. The van der Waals surface area contributed by atoms with E-state index in [0.29, 0.717) is 22.5 Å². The van der Waals surface area contributed by atoms with E-state index >= 15 is 0 Å². The Bertz CT molecular complexity index is 904. The summed E-state index contributed by atoms with van der Waals surface area (Å²) in [5, 5.41) is 16.7. The Morgan fingerprint density at radius 3 is 2.56 bits per heavy atom. The van der Waals surface area contributed by atoms with E-state index in [1.165, 1.54) is 24.3 Å². The number of carbonyl (C=O) groups excluding carboxylic acids is 1. The molecule has 0 unspecified atom stereocenters. The molecule has 0 fully saturated rings. The van der Waals surface area contributed by atoms with E-state index in [1.54, 1.807) is 31.2 Å². The molecule has 0 radical (unpaired) electrons. The lowest BCUT2D eigenvalue weighted by atomic mass is 10.1. The molecule has 0 atom stereocenters. The predicted octanol–water partition coefficient (Wildman–Crippen LogP) is 3.41. The lowest BCUT2D eigenvalue weighted by Crippen LogP contribution is -2.21. The van der Waals surface area contributed by atoms with E-state index in [0.717, 1.165) is 0 Å². The van der Waals surface area contributed by atoms with E-state index in [-0.39, 0.29) is 17.3 Å². The first-order chi connectivity index (χ1) is 12.0. The van der Waals surface area contributed by atoms with Crippen molar-refractivity contribution in [2.24, 2.45) is 5.10 Å². The number of para-hydroxylation sites is 1. The van der Waals surface area contributed by atoms with Crippen LogP contribution in [-0.2, 0) is 4.79 Å². The van der Waals surface area contributed by atoms with Crippen molar-refractivity contribution in [3.8, 4) is 5.75 Å². The van der Waals surface area contributed by atoms with Gasteiger partial charge in [-0.3, -0.25) is 14.9 Å². The van der Waals surface area contributed by atoms with Crippen LogP contribution in [-0.4, -0.2) is 23.7 Å². The molecule has 2 aromatic rings. The van der Waals surface area contributed by atoms with E-state index in [4.69, 9.17) is 4.74 Å². The highest BCUT2D eigenvalue weighted by Crippen LogP contribution is 2.30. The summed E-state index contributed by atoms with van der Waals surface area (Å²) in [5.41, 5.74) is 1.98. The number of anilines is 1. The number of nitro groups is 1.